The number of nitrogens with one attached hydrogen (secondary N) is 1. The first-order valence-electron chi connectivity index (χ1n) is 9.46. The van der Waals surface area contributed by atoms with E-state index in [1.165, 1.54) is 18.7 Å². The molecule has 0 atom stereocenters. The first-order chi connectivity index (χ1) is 14.7. The number of anilines is 1. The van der Waals surface area contributed by atoms with E-state index in [2.05, 4.69) is 20.3 Å². The van der Waals surface area contributed by atoms with Crippen molar-refractivity contribution >= 4 is 17.7 Å². The van der Waals surface area contributed by atoms with E-state index in [0.29, 0.717) is 17.1 Å². The third kappa shape index (κ3) is 6.26. The van der Waals surface area contributed by atoms with Crippen LogP contribution in [0.5, 0.6) is 11.6 Å². The number of nitrogens with zero attached hydrogens (tertiary/aromatic N) is 3. The van der Waals surface area contributed by atoms with E-state index in [0.717, 1.165) is 0 Å². The second kappa shape index (κ2) is 9.24. The number of esters is 1. The Labute approximate surface area is 178 Å². The fraction of sp³-hybridized carbons (Fsp3) is 0.286. The molecule has 0 spiro atoms. The number of oxazole rings is 1. The van der Waals surface area contributed by atoms with Gasteiger partial charge in [-0.1, -0.05) is 6.07 Å². The van der Waals surface area contributed by atoms with Crippen molar-refractivity contribution in [3.05, 3.63) is 48.6 Å². The molecule has 3 aromatic rings. The lowest BCUT2D eigenvalue weighted by Gasteiger charge is -2.19. The highest BCUT2D eigenvalue weighted by molar-refractivity contribution is 5.87. The molecule has 162 valence electrons. The van der Waals surface area contributed by atoms with Crippen LogP contribution in [0.1, 0.15) is 38.2 Å². The van der Waals surface area contributed by atoms with Gasteiger partial charge in [0, 0.05) is 17.8 Å². The minimum absolute atomic E-state index is 0.0406. The van der Waals surface area contributed by atoms with Crippen molar-refractivity contribution < 1.29 is 28.2 Å². The summed E-state index contributed by atoms with van der Waals surface area (Å²) in [7, 11) is 0. The zero-order chi connectivity index (χ0) is 22.4. The Kier molecular flexibility index (Phi) is 6.49. The van der Waals surface area contributed by atoms with E-state index in [9.17, 15) is 9.59 Å². The molecule has 31 heavy (non-hydrogen) atoms. The third-order valence-electron chi connectivity index (χ3n) is 3.55. The summed E-state index contributed by atoms with van der Waals surface area (Å²) in [5.74, 6) is 0.182. The molecule has 1 aromatic carbocycles. The first kappa shape index (κ1) is 21.8. The lowest BCUT2D eigenvalue weighted by Crippen LogP contribution is -2.27. The molecule has 0 aliphatic heterocycles. The number of hydrogen-bond acceptors (Lipinski definition) is 9. The Balaban J connectivity index is 1.71. The maximum atomic E-state index is 11.9. The smallest absolute Gasteiger partial charge is 0.412 e. The maximum absolute atomic E-state index is 11.9. The molecule has 0 aliphatic carbocycles. The molecule has 10 heteroatoms. The van der Waals surface area contributed by atoms with Crippen LogP contribution in [-0.4, -0.2) is 39.2 Å². The first-order valence-corrected chi connectivity index (χ1v) is 9.46. The zero-order valence-electron chi connectivity index (χ0n) is 17.5. The number of benzene rings is 1. The molecule has 0 saturated carbocycles. The van der Waals surface area contributed by atoms with Gasteiger partial charge in [-0.05, 0) is 39.8 Å². The average molecular weight is 426 g/mol. The Hall–Kier alpha value is -3.95. The average Bonchev–Trinajstić information content (AvgIpc) is 3.17. The molecular formula is C21H22N4O6. The summed E-state index contributed by atoms with van der Waals surface area (Å²) in [6.07, 6.45) is 1.90. The minimum atomic E-state index is -0.609. The van der Waals surface area contributed by atoms with Gasteiger partial charge in [-0.3, -0.25) is 5.32 Å². The van der Waals surface area contributed by atoms with Crippen LogP contribution < -0.4 is 10.1 Å². The normalized spacial score (nSPS) is 11.0. The predicted octanol–water partition coefficient (Wildman–Crippen LogP) is 4.45. The van der Waals surface area contributed by atoms with Crippen molar-refractivity contribution in [1.82, 2.24) is 15.0 Å². The van der Waals surface area contributed by atoms with Crippen LogP contribution in [0.25, 0.3) is 11.6 Å². The van der Waals surface area contributed by atoms with Crippen molar-refractivity contribution in [3.8, 4) is 23.2 Å². The number of hydrogen-bond donors (Lipinski definition) is 1. The van der Waals surface area contributed by atoms with Gasteiger partial charge in [0.25, 0.3) is 0 Å². The predicted molar refractivity (Wildman–Crippen MR) is 110 cm³/mol. The number of carbonyl (C=O) groups is 2. The molecule has 2 heterocycles. The fourth-order valence-corrected chi connectivity index (χ4v) is 2.38. The maximum Gasteiger partial charge on any atom is 0.412 e. The Bertz CT molecular complexity index is 1070. The van der Waals surface area contributed by atoms with Gasteiger partial charge in [-0.15, -0.1) is 0 Å². The largest absolute Gasteiger partial charge is 0.461 e. The SMILES string of the molecule is CCOC(=O)c1coc(-c2cc(Oc3cccc(NC(=O)OC(C)(C)C)c3)ncn2)n1. The zero-order valence-corrected chi connectivity index (χ0v) is 17.5. The van der Waals surface area contributed by atoms with E-state index >= 15 is 0 Å². The van der Waals surface area contributed by atoms with Crippen molar-refractivity contribution in [1.29, 1.82) is 0 Å². The second-order valence-corrected chi connectivity index (χ2v) is 7.26. The minimum Gasteiger partial charge on any atom is -0.461 e. The van der Waals surface area contributed by atoms with Gasteiger partial charge >= 0.3 is 12.1 Å². The lowest BCUT2D eigenvalue weighted by atomic mass is 10.2. The molecular weight excluding hydrogens is 404 g/mol. The van der Waals surface area contributed by atoms with Crippen molar-refractivity contribution in [2.24, 2.45) is 0 Å². The molecule has 1 amide bonds. The molecule has 0 bridgehead atoms. The number of amides is 1. The molecule has 2 aromatic heterocycles. The number of carbonyl (C=O) groups excluding carboxylic acids is 2. The summed E-state index contributed by atoms with van der Waals surface area (Å²) in [6.45, 7) is 7.27. The number of ether oxygens (including phenoxy) is 3. The standard InChI is InChI=1S/C21H22N4O6/c1-5-28-19(26)16-11-29-18(25-16)15-10-17(23-12-22-15)30-14-8-6-7-13(9-14)24-20(27)31-21(2,3)4/h6-12H,5H2,1-4H3,(H,24,27). The van der Waals surface area contributed by atoms with E-state index in [1.54, 1.807) is 52.0 Å². The van der Waals surface area contributed by atoms with Gasteiger partial charge in [-0.2, -0.15) is 0 Å². The summed E-state index contributed by atoms with van der Waals surface area (Å²) < 4.78 is 21.2. The molecule has 3 rings (SSSR count). The second-order valence-electron chi connectivity index (χ2n) is 7.26. The molecule has 10 nitrogen and oxygen atoms in total. The van der Waals surface area contributed by atoms with Gasteiger partial charge in [0.15, 0.2) is 5.69 Å². The quantitative estimate of drug-likeness (QED) is 0.569. The van der Waals surface area contributed by atoms with Gasteiger partial charge in [0.05, 0.1) is 6.61 Å². The van der Waals surface area contributed by atoms with Crippen LogP contribution in [-0.2, 0) is 9.47 Å². The van der Waals surface area contributed by atoms with Crippen molar-refractivity contribution in [2.45, 2.75) is 33.3 Å². The molecule has 0 unspecified atom stereocenters. The number of rotatable bonds is 6. The van der Waals surface area contributed by atoms with Crippen LogP contribution >= 0.6 is 0 Å². The molecule has 0 fully saturated rings. The van der Waals surface area contributed by atoms with Gasteiger partial charge < -0.3 is 18.6 Å². The van der Waals surface area contributed by atoms with E-state index < -0.39 is 17.7 Å². The number of aromatic nitrogens is 3. The van der Waals surface area contributed by atoms with Gasteiger partial charge in [0.2, 0.25) is 11.8 Å². The highest BCUT2D eigenvalue weighted by Gasteiger charge is 2.17. The van der Waals surface area contributed by atoms with E-state index in [-0.39, 0.29) is 24.1 Å². The van der Waals surface area contributed by atoms with Gasteiger partial charge in [0.1, 0.15) is 29.6 Å². The highest BCUT2D eigenvalue weighted by Crippen LogP contribution is 2.26. The van der Waals surface area contributed by atoms with Crippen molar-refractivity contribution in [3.63, 3.8) is 0 Å². The van der Waals surface area contributed by atoms with Crippen LogP contribution in [0.2, 0.25) is 0 Å². The highest BCUT2D eigenvalue weighted by atomic mass is 16.6. The van der Waals surface area contributed by atoms with E-state index in [4.69, 9.17) is 18.6 Å². The van der Waals surface area contributed by atoms with Crippen LogP contribution in [0.3, 0.4) is 0 Å². The monoisotopic (exact) mass is 426 g/mol. The summed E-state index contributed by atoms with van der Waals surface area (Å²) in [5, 5.41) is 2.64. The fourth-order valence-electron chi connectivity index (χ4n) is 2.38. The lowest BCUT2D eigenvalue weighted by molar-refractivity contribution is 0.0518. The Morgan fingerprint density at radius 3 is 2.71 bits per heavy atom. The topological polar surface area (TPSA) is 126 Å². The molecule has 0 aliphatic rings. The summed E-state index contributed by atoms with van der Waals surface area (Å²) in [5.41, 5.74) is 0.248. The third-order valence-corrected chi connectivity index (χ3v) is 3.55. The Morgan fingerprint density at radius 1 is 1.16 bits per heavy atom. The van der Waals surface area contributed by atoms with Gasteiger partial charge in [-0.25, -0.2) is 24.5 Å². The van der Waals surface area contributed by atoms with E-state index in [1.807, 2.05) is 0 Å². The summed E-state index contributed by atoms with van der Waals surface area (Å²) in [4.78, 5) is 35.9. The molecule has 1 N–H and O–H groups in total. The van der Waals surface area contributed by atoms with Crippen LogP contribution in [0, 0.1) is 0 Å². The summed E-state index contributed by atoms with van der Waals surface area (Å²) in [6, 6.07) is 8.24. The molecule has 0 radical (unpaired) electrons. The van der Waals surface area contributed by atoms with Crippen molar-refractivity contribution in [2.75, 3.05) is 11.9 Å². The Morgan fingerprint density at radius 2 is 1.97 bits per heavy atom. The van der Waals surface area contributed by atoms with Crippen LogP contribution in [0.4, 0.5) is 10.5 Å². The summed E-state index contributed by atoms with van der Waals surface area (Å²) >= 11 is 0. The molecule has 0 saturated heterocycles. The van der Waals surface area contributed by atoms with Crippen LogP contribution in [0.15, 0.2) is 47.3 Å².